The highest BCUT2D eigenvalue weighted by Gasteiger charge is 2.12. The lowest BCUT2D eigenvalue weighted by atomic mass is 10.0. The molecule has 4 heteroatoms. The Labute approximate surface area is 117 Å². The summed E-state index contributed by atoms with van der Waals surface area (Å²) in [5.74, 6) is -0.382. The van der Waals surface area contributed by atoms with Crippen LogP contribution in [-0.2, 0) is 0 Å². The van der Waals surface area contributed by atoms with E-state index in [1.807, 2.05) is 38.1 Å². The molecule has 2 rings (SSSR count). The van der Waals surface area contributed by atoms with E-state index < -0.39 is 0 Å². The third-order valence-electron chi connectivity index (χ3n) is 3.00. The molecule has 0 aliphatic heterocycles. The molecule has 0 aliphatic rings. The highest BCUT2D eigenvalue weighted by molar-refractivity contribution is 6.05. The molecule has 0 saturated carbocycles. The van der Waals surface area contributed by atoms with Crippen LogP contribution in [-0.4, -0.2) is 16.1 Å². The fraction of sp³-hybridized carbons (Fsp3) is 0.188. The molecule has 3 N–H and O–H groups in total. The second-order valence-electron chi connectivity index (χ2n) is 4.93. The number of para-hydroxylation sites is 1. The van der Waals surface area contributed by atoms with Crippen LogP contribution in [0.2, 0.25) is 0 Å². The van der Waals surface area contributed by atoms with E-state index in [9.17, 15) is 15.0 Å². The minimum absolute atomic E-state index is 0.146. The van der Waals surface area contributed by atoms with Crippen LogP contribution in [0, 0.1) is 0 Å². The molecule has 4 nitrogen and oxygen atoms in total. The van der Waals surface area contributed by atoms with E-state index in [2.05, 4.69) is 5.32 Å². The molecular formula is C16H17NO3. The first-order valence-corrected chi connectivity index (χ1v) is 6.40. The number of hydrogen-bond acceptors (Lipinski definition) is 3. The van der Waals surface area contributed by atoms with Crippen LogP contribution in [0.5, 0.6) is 11.5 Å². The third kappa shape index (κ3) is 3.09. The highest BCUT2D eigenvalue weighted by atomic mass is 16.3. The Kier molecular flexibility index (Phi) is 3.94. The Morgan fingerprint density at radius 2 is 1.65 bits per heavy atom. The molecule has 0 aliphatic carbocycles. The van der Waals surface area contributed by atoms with Crippen molar-refractivity contribution in [2.45, 2.75) is 19.8 Å². The number of anilines is 1. The first-order valence-electron chi connectivity index (χ1n) is 6.40. The van der Waals surface area contributed by atoms with Gasteiger partial charge < -0.3 is 15.5 Å². The van der Waals surface area contributed by atoms with Crippen molar-refractivity contribution in [2.75, 3.05) is 5.32 Å². The van der Waals surface area contributed by atoms with E-state index in [4.69, 9.17) is 0 Å². The van der Waals surface area contributed by atoms with Gasteiger partial charge in [-0.15, -0.1) is 0 Å². The standard InChI is InChI=1S/C16H17NO3/c1-10(2)14-5-3-4-6-15(14)17-16(20)11-7-12(18)9-13(19)8-11/h3-10,18-19H,1-2H3,(H,17,20). The lowest BCUT2D eigenvalue weighted by molar-refractivity contribution is 0.102. The molecule has 0 saturated heterocycles. The zero-order valence-electron chi connectivity index (χ0n) is 11.4. The number of phenolic OH excluding ortho intramolecular Hbond substituents is 2. The molecule has 20 heavy (non-hydrogen) atoms. The summed E-state index contributed by atoms with van der Waals surface area (Å²) >= 11 is 0. The summed E-state index contributed by atoms with van der Waals surface area (Å²) in [7, 11) is 0. The molecular weight excluding hydrogens is 254 g/mol. The van der Waals surface area contributed by atoms with Crippen LogP contribution in [0.25, 0.3) is 0 Å². The molecule has 0 atom stereocenters. The second kappa shape index (κ2) is 5.65. The average Bonchev–Trinajstić information content (AvgIpc) is 2.37. The molecule has 0 aromatic heterocycles. The zero-order valence-corrected chi connectivity index (χ0v) is 11.4. The molecule has 0 unspecified atom stereocenters. The van der Waals surface area contributed by atoms with Crippen LogP contribution in [0.4, 0.5) is 5.69 Å². The molecule has 2 aromatic rings. The summed E-state index contributed by atoms with van der Waals surface area (Å²) in [5.41, 5.74) is 1.97. The Morgan fingerprint density at radius 3 is 2.25 bits per heavy atom. The van der Waals surface area contributed by atoms with Gasteiger partial charge in [0.1, 0.15) is 11.5 Å². The number of rotatable bonds is 3. The number of carbonyl (C=O) groups is 1. The van der Waals surface area contributed by atoms with Crippen LogP contribution in [0.15, 0.2) is 42.5 Å². The molecule has 2 aromatic carbocycles. The van der Waals surface area contributed by atoms with Crippen molar-refractivity contribution in [1.82, 2.24) is 0 Å². The van der Waals surface area contributed by atoms with Gasteiger partial charge in [-0.3, -0.25) is 4.79 Å². The van der Waals surface area contributed by atoms with Gasteiger partial charge in [-0.05, 0) is 29.7 Å². The summed E-state index contributed by atoms with van der Waals surface area (Å²) in [6.45, 7) is 4.09. The van der Waals surface area contributed by atoms with E-state index in [0.717, 1.165) is 11.3 Å². The first kappa shape index (κ1) is 13.9. The minimum atomic E-state index is -0.371. The minimum Gasteiger partial charge on any atom is -0.508 e. The van der Waals surface area contributed by atoms with E-state index in [0.29, 0.717) is 0 Å². The van der Waals surface area contributed by atoms with Crippen LogP contribution >= 0.6 is 0 Å². The number of hydrogen-bond donors (Lipinski definition) is 3. The maximum Gasteiger partial charge on any atom is 0.255 e. The van der Waals surface area contributed by atoms with Crippen LogP contribution < -0.4 is 5.32 Å². The summed E-state index contributed by atoms with van der Waals surface area (Å²) < 4.78 is 0. The topological polar surface area (TPSA) is 69.6 Å². The van der Waals surface area contributed by atoms with Gasteiger partial charge in [0.25, 0.3) is 5.91 Å². The van der Waals surface area contributed by atoms with Crippen molar-refractivity contribution in [3.63, 3.8) is 0 Å². The van der Waals surface area contributed by atoms with E-state index in [-0.39, 0.29) is 28.9 Å². The number of aromatic hydroxyl groups is 2. The van der Waals surface area contributed by atoms with Gasteiger partial charge in [-0.1, -0.05) is 32.0 Å². The quantitative estimate of drug-likeness (QED) is 0.800. The molecule has 0 bridgehead atoms. The lowest BCUT2D eigenvalue weighted by Gasteiger charge is -2.13. The smallest absolute Gasteiger partial charge is 0.255 e. The largest absolute Gasteiger partial charge is 0.508 e. The van der Waals surface area contributed by atoms with Crippen molar-refractivity contribution >= 4 is 11.6 Å². The zero-order chi connectivity index (χ0) is 14.7. The van der Waals surface area contributed by atoms with E-state index in [1.54, 1.807) is 0 Å². The Morgan fingerprint density at radius 1 is 1.05 bits per heavy atom. The number of nitrogens with one attached hydrogen (secondary N) is 1. The first-order chi connectivity index (χ1) is 9.47. The number of benzene rings is 2. The summed E-state index contributed by atoms with van der Waals surface area (Å²) in [5, 5.41) is 21.6. The predicted molar refractivity (Wildman–Crippen MR) is 78.3 cm³/mol. The fourth-order valence-corrected chi connectivity index (χ4v) is 2.04. The Balaban J connectivity index is 2.28. The second-order valence-corrected chi connectivity index (χ2v) is 4.93. The average molecular weight is 271 g/mol. The van der Waals surface area contributed by atoms with E-state index >= 15 is 0 Å². The Bertz CT molecular complexity index is 615. The van der Waals surface area contributed by atoms with Gasteiger partial charge >= 0.3 is 0 Å². The van der Waals surface area contributed by atoms with Crippen molar-refractivity contribution in [2.24, 2.45) is 0 Å². The van der Waals surface area contributed by atoms with Gasteiger partial charge in [-0.25, -0.2) is 0 Å². The molecule has 0 fully saturated rings. The highest BCUT2D eigenvalue weighted by Crippen LogP contribution is 2.25. The fourth-order valence-electron chi connectivity index (χ4n) is 2.04. The molecule has 104 valence electrons. The number of amides is 1. The van der Waals surface area contributed by atoms with Crippen LogP contribution in [0.1, 0.15) is 35.7 Å². The Hall–Kier alpha value is -2.49. The molecule has 0 radical (unpaired) electrons. The molecule has 0 spiro atoms. The van der Waals surface area contributed by atoms with E-state index in [1.165, 1.54) is 18.2 Å². The van der Waals surface area contributed by atoms with Gasteiger partial charge in [0.15, 0.2) is 0 Å². The van der Waals surface area contributed by atoms with Gasteiger partial charge in [0.05, 0.1) is 0 Å². The SMILES string of the molecule is CC(C)c1ccccc1NC(=O)c1cc(O)cc(O)c1. The summed E-state index contributed by atoms with van der Waals surface area (Å²) in [6.07, 6.45) is 0. The van der Waals surface area contributed by atoms with Crippen molar-refractivity contribution in [3.05, 3.63) is 53.6 Å². The summed E-state index contributed by atoms with van der Waals surface area (Å²) in [4.78, 5) is 12.2. The predicted octanol–water partition coefficient (Wildman–Crippen LogP) is 3.47. The lowest BCUT2D eigenvalue weighted by Crippen LogP contribution is -2.13. The van der Waals surface area contributed by atoms with Crippen molar-refractivity contribution < 1.29 is 15.0 Å². The normalized spacial score (nSPS) is 10.6. The number of carbonyl (C=O) groups excluding carboxylic acids is 1. The molecule has 0 heterocycles. The van der Waals surface area contributed by atoms with Gasteiger partial charge in [-0.2, -0.15) is 0 Å². The van der Waals surface area contributed by atoms with Crippen molar-refractivity contribution in [3.8, 4) is 11.5 Å². The third-order valence-corrected chi connectivity index (χ3v) is 3.00. The van der Waals surface area contributed by atoms with Gasteiger partial charge in [0, 0.05) is 17.3 Å². The van der Waals surface area contributed by atoms with Crippen LogP contribution in [0.3, 0.4) is 0 Å². The monoisotopic (exact) mass is 271 g/mol. The molecule has 1 amide bonds. The number of phenols is 2. The summed E-state index contributed by atoms with van der Waals surface area (Å²) in [6, 6.07) is 11.4. The van der Waals surface area contributed by atoms with Gasteiger partial charge in [0.2, 0.25) is 0 Å². The maximum atomic E-state index is 12.2. The maximum absolute atomic E-state index is 12.2. The van der Waals surface area contributed by atoms with Crippen molar-refractivity contribution in [1.29, 1.82) is 0 Å².